The largest absolute Gasteiger partial charge is 0.309 e. The molecule has 0 spiro atoms. The van der Waals surface area contributed by atoms with E-state index in [1.54, 1.807) is 0 Å². The molecule has 0 saturated heterocycles. The quantitative estimate of drug-likeness (QED) is 0.879. The van der Waals surface area contributed by atoms with E-state index in [2.05, 4.69) is 42.3 Å². The smallest absolute Gasteiger partial charge is 0.0686 e. The molecule has 0 radical (unpaired) electrons. The zero-order chi connectivity index (χ0) is 11.5. The van der Waals surface area contributed by atoms with Gasteiger partial charge in [-0.15, -0.1) is 11.3 Å². The molecule has 0 saturated carbocycles. The highest BCUT2D eigenvalue weighted by Crippen LogP contribution is 2.29. The summed E-state index contributed by atoms with van der Waals surface area (Å²) in [5, 5.41) is 3.36. The lowest BCUT2D eigenvalue weighted by molar-refractivity contribution is 0.696. The fourth-order valence-electron chi connectivity index (χ4n) is 1.84. The number of rotatable bonds is 3. The van der Waals surface area contributed by atoms with Crippen LogP contribution < -0.4 is 5.32 Å². The van der Waals surface area contributed by atoms with Gasteiger partial charge in [0, 0.05) is 22.1 Å². The van der Waals surface area contributed by atoms with Crippen LogP contribution in [0.1, 0.15) is 26.9 Å². The van der Waals surface area contributed by atoms with E-state index in [0.717, 1.165) is 0 Å². The van der Waals surface area contributed by atoms with Crippen LogP contribution in [0.2, 0.25) is 0 Å². The highest BCUT2D eigenvalue weighted by atomic mass is 32.1. The number of nitrogens with zero attached hydrogens (tertiary/aromatic N) is 1. The Kier molecular flexibility index (Phi) is 3.36. The van der Waals surface area contributed by atoms with E-state index in [9.17, 15) is 0 Å². The van der Waals surface area contributed by atoms with Crippen molar-refractivity contribution < 1.29 is 0 Å². The number of thiophene rings is 1. The van der Waals surface area contributed by atoms with Gasteiger partial charge >= 0.3 is 0 Å². The number of hydrogen-bond acceptors (Lipinski definition) is 3. The Hall–Kier alpha value is -1.19. The van der Waals surface area contributed by atoms with Gasteiger partial charge in [-0.2, -0.15) is 0 Å². The summed E-state index contributed by atoms with van der Waals surface area (Å²) in [6.07, 6.45) is 3.79. The van der Waals surface area contributed by atoms with Gasteiger partial charge in [0.15, 0.2) is 0 Å². The molecule has 1 unspecified atom stereocenters. The van der Waals surface area contributed by atoms with Crippen molar-refractivity contribution in [3.63, 3.8) is 0 Å². The molecule has 0 amide bonds. The van der Waals surface area contributed by atoms with Crippen LogP contribution in [0.15, 0.2) is 30.6 Å². The first kappa shape index (κ1) is 11.3. The van der Waals surface area contributed by atoms with Gasteiger partial charge in [-0.1, -0.05) is 0 Å². The van der Waals surface area contributed by atoms with Crippen LogP contribution in [-0.4, -0.2) is 12.0 Å². The maximum Gasteiger partial charge on any atom is 0.0686 e. The molecular formula is C13H16N2S. The molecule has 2 rings (SSSR count). The summed E-state index contributed by atoms with van der Waals surface area (Å²) in [6, 6.07) is 6.66. The molecule has 1 N–H and O–H groups in total. The number of hydrogen-bond donors (Lipinski definition) is 1. The predicted molar refractivity (Wildman–Crippen MR) is 68.9 cm³/mol. The second-order valence-electron chi connectivity index (χ2n) is 3.90. The Labute approximate surface area is 100 Å². The maximum atomic E-state index is 4.21. The van der Waals surface area contributed by atoms with Crippen LogP contribution in [0.5, 0.6) is 0 Å². The summed E-state index contributed by atoms with van der Waals surface area (Å²) in [6.45, 7) is 4.26. The van der Waals surface area contributed by atoms with Crippen molar-refractivity contribution in [2.75, 3.05) is 7.05 Å². The van der Waals surface area contributed by atoms with Gasteiger partial charge in [-0.25, -0.2) is 0 Å². The first-order valence-corrected chi connectivity index (χ1v) is 6.18. The van der Waals surface area contributed by atoms with E-state index in [0.29, 0.717) is 0 Å². The lowest BCUT2D eigenvalue weighted by atomic mass is 10.0. The fourth-order valence-corrected chi connectivity index (χ4v) is 2.84. The van der Waals surface area contributed by atoms with Crippen molar-refractivity contribution in [3.8, 4) is 0 Å². The summed E-state index contributed by atoms with van der Waals surface area (Å²) in [5.41, 5.74) is 2.53. The van der Waals surface area contributed by atoms with Gasteiger partial charge in [0.25, 0.3) is 0 Å². The normalized spacial score (nSPS) is 12.7. The van der Waals surface area contributed by atoms with E-state index in [4.69, 9.17) is 0 Å². The van der Waals surface area contributed by atoms with Crippen LogP contribution in [0.4, 0.5) is 0 Å². The Balaban J connectivity index is 2.40. The first-order chi connectivity index (χ1) is 7.72. The van der Waals surface area contributed by atoms with Crippen LogP contribution in [0, 0.1) is 13.8 Å². The second kappa shape index (κ2) is 4.76. The van der Waals surface area contributed by atoms with E-state index in [1.807, 2.05) is 30.8 Å². The molecule has 16 heavy (non-hydrogen) atoms. The Morgan fingerprint density at radius 3 is 2.62 bits per heavy atom. The highest BCUT2D eigenvalue weighted by Gasteiger charge is 2.15. The van der Waals surface area contributed by atoms with Crippen molar-refractivity contribution in [1.82, 2.24) is 10.3 Å². The van der Waals surface area contributed by atoms with Crippen LogP contribution in [0.3, 0.4) is 0 Å². The molecule has 2 aromatic rings. The third kappa shape index (κ3) is 2.15. The number of nitrogens with one attached hydrogen (secondary N) is 1. The van der Waals surface area contributed by atoms with Crippen LogP contribution in [-0.2, 0) is 0 Å². The number of aromatic nitrogens is 1. The minimum Gasteiger partial charge on any atom is -0.309 e. The Morgan fingerprint density at radius 1 is 1.25 bits per heavy atom. The lowest BCUT2D eigenvalue weighted by Crippen LogP contribution is -2.17. The molecule has 0 aromatic carbocycles. The van der Waals surface area contributed by atoms with Gasteiger partial charge in [0.2, 0.25) is 0 Å². The monoisotopic (exact) mass is 232 g/mol. The third-order valence-electron chi connectivity index (χ3n) is 2.72. The lowest BCUT2D eigenvalue weighted by Gasteiger charge is -2.16. The van der Waals surface area contributed by atoms with Crippen LogP contribution >= 0.6 is 11.3 Å². The zero-order valence-electron chi connectivity index (χ0n) is 9.82. The molecule has 2 heterocycles. The predicted octanol–water partition coefficient (Wildman–Crippen LogP) is 3.07. The van der Waals surface area contributed by atoms with E-state index in [1.165, 1.54) is 20.9 Å². The average molecular weight is 232 g/mol. The topological polar surface area (TPSA) is 24.9 Å². The molecule has 0 fully saturated rings. The molecule has 84 valence electrons. The zero-order valence-corrected chi connectivity index (χ0v) is 10.6. The number of aryl methyl sites for hydroxylation is 2. The van der Waals surface area contributed by atoms with Crippen molar-refractivity contribution in [2.24, 2.45) is 0 Å². The second-order valence-corrected chi connectivity index (χ2v) is 5.22. The van der Waals surface area contributed by atoms with Gasteiger partial charge in [0.1, 0.15) is 0 Å². The van der Waals surface area contributed by atoms with Gasteiger partial charge in [-0.05, 0) is 50.2 Å². The fraction of sp³-hybridized carbons (Fsp3) is 0.308. The van der Waals surface area contributed by atoms with Crippen molar-refractivity contribution >= 4 is 11.3 Å². The SMILES string of the molecule is CNC(c1ccc(C)s1)c1cnccc1C. The molecule has 0 aliphatic heterocycles. The molecule has 1 atom stereocenters. The Bertz CT molecular complexity index is 476. The summed E-state index contributed by atoms with van der Waals surface area (Å²) >= 11 is 1.83. The Morgan fingerprint density at radius 2 is 2.06 bits per heavy atom. The molecule has 2 aromatic heterocycles. The minimum absolute atomic E-state index is 0.257. The van der Waals surface area contributed by atoms with Crippen LogP contribution in [0.25, 0.3) is 0 Å². The molecule has 0 aliphatic carbocycles. The van der Waals surface area contributed by atoms with Crippen molar-refractivity contribution in [2.45, 2.75) is 19.9 Å². The highest BCUT2D eigenvalue weighted by molar-refractivity contribution is 7.12. The van der Waals surface area contributed by atoms with Gasteiger partial charge in [0.05, 0.1) is 6.04 Å². The summed E-state index contributed by atoms with van der Waals surface area (Å²) in [4.78, 5) is 6.90. The molecule has 2 nitrogen and oxygen atoms in total. The van der Waals surface area contributed by atoms with E-state index < -0.39 is 0 Å². The molecule has 0 bridgehead atoms. The molecule has 3 heteroatoms. The van der Waals surface area contributed by atoms with Gasteiger partial charge < -0.3 is 5.32 Å². The van der Waals surface area contributed by atoms with E-state index >= 15 is 0 Å². The summed E-state index contributed by atoms with van der Waals surface area (Å²) < 4.78 is 0. The summed E-state index contributed by atoms with van der Waals surface area (Å²) in [5.74, 6) is 0. The standard InChI is InChI=1S/C13H16N2S/c1-9-6-7-15-8-11(9)13(14-3)12-5-4-10(2)16-12/h4-8,13-14H,1-3H3. The average Bonchev–Trinajstić information content (AvgIpc) is 2.69. The minimum atomic E-state index is 0.257. The van der Waals surface area contributed by atoms with Gasteiger partial charge in [-0.3, -0.25) is 4.98 Å². The number of pyridine rings is 1. The first-order valence-electron chi connectivity index (χ1n) is 5.36. The van der Waals surface area contributed by atoms with E-state index in [-0.39, 0.29) is 6.04 Å². The molecular weight excluding hydrogens is 216 g/mol. The van der Waals surface area contributed by atoms with Crippen molar-refractivity contribution in [3.05, 3.63) is 51.5 Å². The maximum absolute atomic E-state index is 4.21. The summed E-state index contributed by atoms with van der Waals surface area (Å²) in [7, 11) is 1.99. The van der Waals surface area contributed by atoms with Crippen molar-refractivity contribution in [1.29, 1.82) is 0 Å². The molecule has 0 aliphatic rings. The third-order valence-corrected chi connectivity index (χ3v) is 3.79.